The molecule has 0 aliphatic rings. The van der Waals surface area contributed by atoms with Crippen LogP contribution in [0.4, 0.5) is 0 Å². The van der Waals surface area contributed by atoms with Crippen LogP contribution in [-0.4, -0.2) is 43.0 Å². The molecule has 8 heteroatoms. The molecule has 0 aromatic heterocycles. The second-order valence-electron chi connectivity index (χ2n) is 4.05. The third kappa shape index (κ3) is 3.93. The minimum absolute atomic E-state index is 0.0590. The van der Waals surface area contributed by atoms with Crippen LogP contribution >= 0.6 is 11.8 Å². The summed E-state index contributed by atoms with van der Waals surface area (Å²) >= 11 is 1.26. The molecule has 1 aromatic rings. The minimum atomic E-state index is -3.86. The maximum Gasteiger partial charge on any atom is 0.336 e. The number of carboxylic acids is 1. The molecule has 6 nitrogen and oxygen atoms in total. The predicted molar refractivity (Wildman–Crippen MR) is 71.7 cm³/mol. The molecule has 0 aliphatic heterocycles. The quantitative estimate of drug-likeness (QED) is 0.662. The van der Waals surface area contributed by atoms with E-state index in [2.05, 4.69) is 4.72 Å². The Bertz CT molecular complexity index is 568. The lowest BCUT2D eigenvalue weighted by atomic mass is 10.1. The van der Waals surface area contributed by atoms with Gasteiger partial charge in [0, 0.05) is 4.90 Å². The zero-order valence-electron chi connectivity index (χ0n) is 10.5. The van der Waals surface area contributed by atoms with E-state index in [9.17, 15) is 18.3 Å². The summed E-state index contributed by atoms with van der Waals surface area (Å²) in [5, 5.41) is 18.2. The van der Waals surface area contributed by atoms with Crippen molar-refractivity contribution in [2.24, 2.45) is 0 Å². The van der Waals surface area contributed by atoms with Crippen LogP contribution in [0.1, 0.15) is 6.92 Å². The van der Waals surface area contributed by atoms with Gasteiger partial charge in [-0.15, -0.1) is 11.8 Å². The fourth-order valence-electron chi connectivity index (χ4n) is 1.23. The van der Waals surface area contributed by atoms with Gasteiger partial charge in [-0.2, -0.15) is 0 Å². The van der Waals surface area contributed by atoms with Crippen molar-refractivity contribution in [3.05, 3.63) is 24.3 Å². The van der Waals surface area contributed by atoms with Crippen molar-refractivity contribution in [1.29, 1.82) is 0 Å². The lowest BCUT2D eigenvalue weighted by Gasteiger charge is -2.18. The van der Waals surface area contributed by atoms with Crippen LogP contribution in [0.2, 0.25) is 0 Å². The topological polar surface area (TPSA) is 104 Å². The molecule has 0 saturated carbocycles. The summed E-state index contributed by atoms with van der Waals surface area (Å²) in [7, 11) is -3.86. The summed E-state index contributed by atoms with van der Waals surface area (Å²) in [4.78, 5) is 11.3. The molecule has 0 aliphatic carbocycles. The predicted octanol–water partition coefficient (Wildman–Crippen LogP) is 0.522. The molecule has 0 radical (unpaired) electrons. The summed E-state index contributed by atoms with van der Waals surface area (Å²) in [5.41, 5.74) is -2.15. The molecule has 1 atom stereocenters. The number of carbonyl (C=O) groups is 1. The van der Waals surface area contributed by atoms with Gasteiger partial charge in [0.2, 0.25) is 10.0 Å². The van der Waals surface area contributed by atoms with Crippen LogP contribution in [-0.2, 0) is 14.8 Å². The Balaban J connectivity index is 2.97. The van der Waals surface area contributed by atoms with Gasteiger partial charge in [-0.25, -0.2) is 17.9 Å². The highest BCUT2D eigenvalue weighted by Crippen LogP contribution is 2.24. The van der Waals surface area contributed by atoms with Crippen molar-refractivity contribution in [3.8, 4) is 0 Å². The first-order chi connectivity index (χ1) is 8.70. The Kier molecular flexibility index (Phi) is 4.97. The van der Waals surface area contributed by atoms with E-state index in [0.717, 1.165) is 6.92 Å². The molecule has 1 aromatic carbocycles. The third-order valence-corrected chi connectivity index (χ3v) is 4.81. The van der Waals surface area contributed by atoms with Crippen LogP contribution in [0.3, 0.4) is 0 Å². The number of benzene rings is 1. The van der Waals surface area contributed by atoms with Gasteiger partial charge in [-0.1, -0.05) is 12.1 Å². The van der Waals surface area contributed by atoms with E-state index in [4.69, 9.17) is 5.11 Å². The number of aliphatic carboxylic acids is 1. The summed E-state index contributed by atoms with van der Waals surface area (Å²) < 4.78 is 26.2. The summed E-state index contributed by atoms with van der Waals surface area (Å²) in [6.07, 6.45) is 1.74. The van der Waals surface area contributed by atoms with Crippen molar-refractivity contribution in [3.63, 3.8) is 0 Å². The molecule has 1 rings (SSSR count). The number of aliphatic hydroxyl groups is 1. The molecule has 3 N–H and O–H groups in total. The van der Waals surface area contributed by atoms with E-state index in [1.165, 1.54) is 17.8 Å². The van der Waals surface area contributed by atoms with Crippen LogP contribution in [0, 0.1) is 0 Å². The largest absolute Gasteiger partial charge is 0.479 e. The summed E-state index contributed by atoms with van der Waals surface area (Å²) in [6, 6.07) is 6.35. The number of hydrogen-bond donors (Lipinski definition) is 3. The van der Waals surface area contributed by atoms with Gasteiger partial charge in [-0.05, 0) is 25.3 Å². The molecule has 1 unspecified atom stereocenters. The fourth-order valence-corrected chi connectivity index (χ4v) is 3.51. The van der Waals surface area contributed by atoms with E-state index in [1.807, 2.05) is 0 Å². The standard InChI is InChI=1S/C11H15NO5S2/c1-11(15,10(13)14)7-12-19(16,17)9-6-4-3-5-8(9)18-2/h3-6,12,15H,7H2,1-2H3,(H,13,14). The van der Waals surface area contributed by atoms with Crippen molar-refractivity contribution in [2.75, 3.05) is 12.8 Å². The molecular formula is C11H15NO5S2. The highest BCUT2D eigenvalue weighted by molar-refractivity contribution is 7.99. The summed E-state index contributed by atoms with van der Waals surface area (Å²) in [5.74, 6) is -1.49. The molecule has 0 spiro atoms. The Morgan fingerprint density at radius 1 is 1.42 bits per heavy atom. The minimum Gasteiger partial charge on any atom is -0.479 e. The van der Waals surface area contributed by atoms with Crippen molar-refractivity contribution in [1.82, 2.24) is 4.72 Å². The first kappa shape index (κ1) is 16.0. The molecular weight excluding hydrogens is 290 g/mol. The molecule has 0 fully saturated rings. The lowest BCUT2D eigenvalue weighted by molar-refractivity contribution is -0.155. The Labute approximate surface area is 115 Å². The maximum absolute atomic E-state index is 12.1. The van der Waals surface area contributed by atoms with Crippen LogP contribution in [0.25, 0.3) is 0 Å². The highest BCUT2D eigenvalue weighted by Gasteiger charge is 2.32. The molecule has 0 amide bonds. The summed E-state index contributed by atoms with van der Waals surface area (Å²) in [6.45, 7) is 0.422. The number of hydrogen-bond acceptors (Lipinski definition) is 5. The van der Waals surface area contributed by atoms with Crippen molar-refractivity contribution >= 4 is 27.8 Å². The van der Waals surface area contributed by atoms with Crippen LogP contribution < -0.4 is 4.72 Å². The number of nitrogens with one attached hydrogen (secondary N) is 1. The first-order valence-corrected chi connectivity index (χ1v) is 8.00. The van der Waals surface area contributed by atoms with Crippen molar-refractivity contribution < 1.29 is 23.4 Å². The normalized spacial score (nSPS) is 14.9. The van der Waals surface area contributed by atoms with E-state index in [1.54, 1.807) is 24.5 Å². The number of thioether (sulfide) groups is 1. The lowest BCUT2D eigenvalue weighted by Crippen LogP contribution is -2.46. The Morgan fingerprint density at radius 2 is 2.00 bits per heavy atom. The maximum atomic E-state index is 12.1. The van der Waals surface area contributed by atoms with Gasteiger partial charge in [-0.3, -0.25) is 0 Å². The number of carboxylic acid groups (broad SMARTS) is 1. The Morgan fingerprint density at radius 3 is 2.53 bits per heavy atom. The van der Waals surface area contributed by atoms with Crippen LogP contribution in [0.15, 0.2) is 34.1 Å². The molecule has 0 saturated heterocycles. The van der Waals surface area contributed by atoms with Crippen LogP contribution in [0.5, 0.6) is 0 Å². The zero-order chi connectivity index (χ0) is 14.7. The zero-order valence-corrected chi connectivity index (χ0v) is 12.1. The van der Waals surface area contributed by atoms with Gasteiger partial charge in [0.05, 0.1) is 11.4 Å². The van der Waals surface area contributed by atoms with Gasteiger partial charge >= 0.3 is 5.97 Å². The van der Waals surface area contributed by atoms with E-state index in [-0.39, 0.29) is 4.90 Å². The molecule has 106 valence electrons. The van der Waals surface area contributed by atoms with Gasteiger partial charge in [0.25, 0.3) is 0 Å². The van der Waals surface area contributed by atoms with Crippen molar-refractivity contribution in [2.45, 2.75) is 22.3 Å². The third-order valence-electron chi connectivity index (χ3n) is 2.43. The van der Waals surface area contributed by atoms with E-state index in [0.29, 0.717) is 4.90 Å². The molecule has 0 bridgehead atoms. The SMILES string of the molecule is CSc1ccccc1S(=O)(=O)NCC(C)(O)C(=O)O. The monoisotopic (exact) mass is 305 g/mol. The number of sulfonamides is 1. The number of rotatable bonds is 6. The second-order valence-corrected chi connectivity index (χ2v) is 6.64. The second kappa shape index (κ2) is 5.91. The first-order valence-electron chi connectivity index (χ1n) is 5.29. The molecule has 19 heavy (non-hydrogen) atoms. The average molecular weight is 305 g/mol. The van der Waals surface area contributed by atoms with E-state index < -0.39 is 28.1 Å². The average Bonchev–Trinajstić information content (AvgIpc) is 2.36. The Hall–Kier alpha value is -1.09. The highest BCUT2D eigenvalue weighted by atomic mass is 32.2. The van der Waals surface area contributed by atoms with E-state index >= 15 is 0 Å². The molecule has 0 heterocycles. The smallest absolute Gasteiger partial charge is 0.336 e. The van der Waals surface area contributed by atoms with Gasteiger partial charge < -0.3 is 10.2 Å². The van der Waals surface area contributed by atoms with Gasteiger partial charge in [0.1, 0.15) is 0 Å². The fraction of sp³-hybridized carbons (Fsp3) is 0.364. The van der Waals surface area contributed by atoms with Gasteiger partial charge in [0.15, 0.2) is 5.60 Å².